The predicted molar refractivity (Wildman–Crippen MR) is 81.1 cm³/mol. The monoisotopic (exact) mass is 312 g/mol. The second-order valence-corrected chi connectivity index (χ2v) is 6.67. The average molecular weight is 312 g/mol. The third-order valence-electron chi connectivity index (χ3n) is 4.79. The fourth-order valence-corrected chi connectivity index (χ4v) is 3.54. The Morgan fingerprint density at radius 2 is 1.41 bits per heavy atom. The molecular formula is C17H28O5. The maximum absolute atomic E-state index is 11.6. The molecule has 2 rings (SSSR count). The number of hydrogen-bond donors (Lipinski definition) is 0. The van der Waals surface area contributed by atoms with E-state index in [0.717, 1.165) is 32.1 Å². The fraction of sp³-hybridized carbons (Fsp3) is 0.882. The van der Waals surface area contributed by atoms with E-state index in [1.54, 1.807) is 0 Å². The number of carbonyl (C=O) groups excluding carboxylic acids is 2. The van der Waals surface area contributed by atoms with Crippen LogP contribution in [0.3, 0.4) is 0 Å². The van der Waals surface area contributed by atoms with Crippen LogP contribution < -0.4 is 0 Å². The molecule has 22 heavy (non-hydrogen) atoms. The van der Waals surface area contributed by atoms with Crippen molar-refractivity contribution in [2.45, 2.75) is 96.1 Å². The van der Waals surface area contributed by atoms with E-state index in [4.69, 9.17) is 14.2 Å². The van der Waals surface area contributed by atoms with Gasteiger partial charge in [0.15, 0.2) is 5.60 Å². The van der Waals surface area contributed by atoms with Gasteiger partial charge >= 0.3 is 11.9 Å². The molecule has 0 amide bonds. The van der Waals surface area contributed by atoms with Crippen molar-refractivity contribution < 1.29 is 23.8 Å². The predicted octanol–water partition coefficient (Wildman–Crippen LogP) is 3.49. The largest absolute Gasteiger partial charge is 0.419 e. The lowest BCUT2D eigenvalue weighted by atomic mass is 9.88. The van der Waals surface area contributed by atoms with E-state index in [9.17, 15) is 9.59 Å². The molecule has 0 spiro atoms. The summed E-state index contributed by atoms with van der Waals surface area (Å²) in [5.41, 5.74) is -0.719. The molecule has 0 aromatic carbocycles. The first-order valence-corrected chi connectivity index (χ1v) is 8.47. The van der Waals surface area contributed by atoms with Gasteiger partial charge in [-0.3, -0.25) is 9.59 Å². The quantitative estimate of drug-likeness (QED) is 0.443. The smallest absolute Gasteiger partial charge is 0.306 e. The highest BCUT2D eigenvalue weighted by molar-refractivity contribution is 5.69. The molecule has 0 N–H and O–H groups in total. The van der Waals surface area contributed by atoms with Crippen molar-refractivity contribution in [1.82, 2.24) is 0 Å². The Morgan fingerprint density at radius 3 is 1.95 bits per heavy atom. The van der Waals surface area contributed by atoms with Crippen LogP contribution in [0.4, 0.5) is 0 Å². The van der Waals surface area contributed by atoms with Gasteiger partial charge in [-0.2, -0.15) is 0 Å². The molecule has 2 aliphatic rings. The van der Waals surface area contributed by atoms with E-state index >= 15 is 0 Å². The van der Waals surface area contributed by atoms with Gasteiger partial charge in [-0.25, -0.2) is 0 Å². The first-order chi connectivity index (χ1) is 10.4. The van der Waals surface area contributed by atoms with Crippen LogP contribution in [0.1, 0.15) is 78.6 Å². The maximum Gasteiger partial charge on any atom is 0.306 e. The highest BCUT2D eigenvalue weighted by atomic mass is 16.8. The number of carbonyl (C=O) groups is 2. The van der Waals surface area contributed by atoms with Gasteiger partial charge in [-0.15, -0.1) is 0 Å². The zero-order chi connectivity index (χ0) is 16.2. The van der Waals surface area contributed by atoms with Gasteiger partial charge in [0.2, 0.25) is 0 Å². The highest BCUT2D eigenvalue weighted by Crippen LogP contribution is 2.52. The number of epoxide rings is 1. The molecule has 1 aliphatic carbocycles. The van der Waals surface area contributed by atoms with E-state index in [-0.39, 0.29) is 6.10 Å². The number of rotatable bonds is 2. The van der Waals surface area contributed by atoms with E-state index in [1.807, 2.05) is 6.92 Å². The van der Waals surface area contributed by atoms with Crippen molar-refractivity contribution in [1.29, 1.82) is 0 Å². The van der Waals surface area contributed by atoms with Crippen molar-refractivity contribution in [3.63, 3.8) is 0 Å². The second kappa shape index (κ2) is 6.99. The normalized spacial score (nSPS) is 31.9. The Bertz CT molecular complexity index is 403. The number of hydrogen-bond acceptors (Lipinski definition) is 5. The van der Waals surface area contributed by atoms with Gasteiger partial charge in [0.05, 0.1) is 6.10 Å². The molecule has 2 fully saturated rings. The van der Waals surface area contributed by atoms with Crippen LogP contribution >= 0.6 is 0 Å². The SMILES string of the molecule is CC(=O)OC1(OC(C)=O)CCCCCCCCCC2OC21C. The number of ether oxygens (including phenoxy) is 3. The molecule has 0 aromatic rings. The summed E-state index contributed by atoms with van der Waals surface area (Å²) in [5, 5.41) is 0. The first kappa shape index (κ1) is 17.3. The third-order valence-corrected chi connectivity index (χ3v) is 4.79. The summed E-state index contributed by atoms with van der Waals surface area (Å²) in [5.74, 6) is -2.17. The summed E-state index contributed by atoms with van der Waals surface area (Å²) in [6.07, 6.45) is 9.26. The van der Waals surface area contributed by atoms with Crippen molar-refractivity contribution in [3.05, 3.63) is 0 Å². The minimum absolute atomic E-state index is 0.00868. The van der Waals surface area contributed by atoms with Crippen LogP contribution in [0.2, 0.25) is 0 Å². The van der Waals surface area contributed by atoms with Gasteiger partial charge in [0.1, 0.15) is 0 Å². The summed E-state index contributed by atoms with van der Waals surface area (Å²) in [4.78, 5) is 23.2. The third kappa shape index (κ3) is 3.80. The van der Waals surface area contributed by atoms with Crippen LogP contribution in [0.5, 0.6) is 0 Å². The van der Waals surface area contributed by atoms with Crippen LogP contribution in [0, 0.1) is 0 Å². The van der Waals surface area contributed by atoms with Gasteiger partial charge in [0.25, 0.3) is 5.79 Å². The van der Waals surface area contributed by atoms with Crippen LogP contribution in [0.25, 0.3) is 0 Å². The zero-order valence-electron chi connectivity index (χ0n) is 14.0. The van der Waals surface area contributed by atoms with Gasteiger partial charge in [0, 0.05) is 20.3 Å². The van der Waals surface area contributed by atoms with E-state index in [0.29, 0.717) is 6.42 Å². The highest BCUT2D eigenvalue weighted by Gasteiger charge is 2.69. The van der Waals surface area contributed by atoms with Crippen molar-refractivity contribution >= 4 is 11.9 Å². The summed E-state index contributed by atoms with van der Waals surface area (Å²) in [7, 11) is 0. The average Bonchev–Trinajstić information content (AvgIpc) is 3.06. The molecule has 0 bridgehead atoms. The lowest BCUT2D eigenvalue weighted by Gasteiger charge is -2.36. The van der Waals surface area contributed by atoms with Crippen LogP contribution in [-0.4, -0.2) is 29.4 Å². The number of esters is 2. The molecule has 1 heterocycles. The van der Waals surface area contributed by atoms with Crippen molar-refractivity contribution in [3.8, 4) is 0 Å². The van der Waals surface area contributed by atoms with Crippen molar-refractivity contribution in [2.75, 3.05) is 0 Å². The topological polar surface area (TPSA) is 65.1 Å². The molecule has 0 radical (unpaired) electrons. The lowest BCUT2D eigenvalue weighted by molar-refractivity contribution is -0.251. The van der Waals surface area contributed by atoms with Crippen LogP contribution in [0.15, 0.2) is 0 Å². The van der Waals surface area contributed by atoms with Gasteiger partial charge in [-0.1, -0.05) is 38.5 Å². The lowest BCUT2D eigenvalue weighted by Crippen LogP contribution is -2.52. The maximum atomic E-state index is 11.6. The van der Waals surface area contributed by atoms with Crippen molar-refractivity contribution in [2.24, 2.45) is 0 Å². The molecular weight excluding hydrogens is 284 g/mol. The Balaban J connectivity index is 2.22. The zero-order valence-corrected chi connectivity index (χ0v) is 14.0. The van der Waals surface area contributed by atoms with E-state index < -0.39 is 23.3 Å². The van der Waals surface area contributed by atoms with Crippen LogP contribution in [-0.2, 0) is 23.8 Å². The standard InChI is InChI=1S/C17H28O5/c1-13(18)20-17(21-14(2)19)12-10-8-6-4-5-7-9-11-15-16(17,3)22-15/h15H,4-12H2,1-3H3. The molecule has 5 heteroatoms. The molecule has 1 saturated heterocycles. The minimum atomic E-state index is -1.28. The molecule has 1 aliphatic heterocycles. The Labute approximate surface area is 132 Å². The van der Waals surface area contributed by atoms with Gasteiger partial charge in [-0.05, 0) is 19.8 Å². The molecule has 126 valence electrons. The van der Waals surface area contributed by atoms with E-state index in [2.05, 4.69) is 0 Å². The fourth-order valence-electron chi connectivity index (χ4n) is 3.54. The molecule has 1 saturated carbocycles. The Morgan fingerprint density at radius 1 is 0.909 bits per heavy atom. The summed E-state index contributed by atoms with van der Waals surface area (Å²) in [6.45, 7) is 4.60. The van der Waals surface area contributed by atoms with E-state index in [1.165, 1.54) is 33.1 Å². The molecule has 2 atom stereocenters. The Hall–Kier alpha value is -1.10. The summed E-state index contributed by atoms with van der Waals surface area (Å²) < 4.78 is 17.0. The molecule has 0 aromatic heterocycles. The minimum Gasteiger partial charge on any atom is -0.419 e. The summed E-state index contributed by atoms with van der Waals surface area (Å²) >= 11 is 0. The molecule has 5 nitrogen and oxygen atoms in total. The number of fused-ring (bicyclic) bond motifs is 1. The summed E-state index contributed by atoms with van der Waals surface area (Å²) in [6, 6.07) is 0. The Kier molecular flexibility index (Phi) is 5.48. The molecule has 2 unspecified atom stereocenters. The van der Waals surface area contributed by atoms with Gasteiger partial charge < -0.3 is 14.2 Å². The second-order valence-electron chi connectivity index (χ2n) is 6.67. The first-order valence-electron chi connectivity index (χ1n) is 8.47.